The first-order valence-electron chi connectivity index (χ1n) is 7.12. The highest BCUT2D eigenvalue weighted by atomic mass is 28.3. The van der Waals surface area contributed by atoms with Gasteiger partial charge in [0.25, 0.3) is 0 Å². The molecule has 0 atom stereocenters. The standard InChI is InChI=1S/C16H23BO4Si/c1-10-13(8-9-22(5,6)7)11(2)15(17(19)20)12(3)14(10)16(18)21-4/h19-20H,1-7H3. The second kappa shape index (κ2) is 6.69. The second-order valence-corrected chi connectivity index (χ2v) is 11.2. The van der Waals surface area contributed by atoms with Crippen LogP contribution in [0.5, 0.6) is 0 Å². The number of rotatable bonds is 2. The van der Waals surface area contributed by atoms with Gasteiger partial charge in [-0.15, -0.1) is 5.54 Å². The number of hydrogen-bond acceptors (Lipinski definition) is 4. The predicted octanol–water partition coefficient (Wildman–Crippen LogP) is 1.31. The van der Waals surface area contributed by atoms with Crippen molar-refractivity contribution in [3.05, 3.63) is 27.8 Å². The number of hydrogen-bond donors (Lipinski definition) is 2. The highest BCUT2D eigenvalue weighted by molar-refractivity contribution is 6.83. The maximum Gasteiger partial charge on any atom is 0.489 e. The smallest absolute Gasteiger partial charge is 0.465 e. The molecule has 4 nitrogen and oxygen atoms in total. The largest absolute Gasteiger partial charge is 0.489 e. The first-order valence-corrected chi connectivity index (χ1v) is 10.6. The maximum atomic E-state index is 12.1. The van der Waals surface area contributed by atoms with E-state index in [0.29, 0.717) is 27.7 Å². The Hall–Kier alpha value is -1.55. The van der Waals surface area contributed by atoms with Gasteiger partial charge in [-0.1, -0.05) is 25.6 Å². The van der Waals surface area contributed by atoms with Crippen molar-refractivity contribution in [3.63, 3.8) is 0 Å². The molecule has 0 heterocycles. The fraction of sp³-hybridized carbons (Fsp3) is 0.438. The van der Waals surface area contributed by atoms with Crippen LogP contribution in [0.15, 0.2) is 0 Å². The fourth-order valence-electron chi connectivity index (χ4n) is 2.47. The number of carbonyl (C=O) groups is 1. The lowest BCUT2D eigenvalue weighted by Crippen LogP contribution is -2.37. The zero-order chi connectivity index (χ0) is 17.2. The van der Waals surface area contributed by atoms with E-state index in [2.05, 4.69) is 31.1 Å². The SMILES string of the molecule is COC(=O)c1c(C)c(C#C[Si](C)(C)C)c(C)c(B(O)O)c1C. The molecule has 0 bridgehead atoms. The van der Waals surface area contributed by atoms with Gasteiger partial charge in [-0.25, -0.2) is 4.79 Å². The average Bonchev–Trinajstić information content (AvgIpc) is 2.36. The number of esters is 1. The molecule has 0 spiro atoms. The van der Waals surface area contributed by atoms with Crippen molar-refractivity contribution in [2.24, 2.45) is 0 Å². The van der Waals surface area contributed by atoms with Gasteiger partial charge >= 0.3 is 13.1 Å². The summed E-state index contributed by atoms with van der Waals surface area (Å²) >= 11 is 0. The van der Waals surface area contributed by atoms with E-state index in [1.165, 1.54) is 7.11 Å². The summed E-state index contributed by atoms with van der Waals surface area (Å²) in [6.45, 7) is 11.7. The van der Waals surface area contributed by atoms with Gasteiger partial charge < -0.3 is 14.8 Å². The summed E-state index contributed by atoms with van der Waals surface area (Å²) in [5.41, 5.74) is 6.56. The molecular formula is C16H23BO4Si. The lowest BCUT2D eigenvalue weighted by atomic mass is 9.70. The van der Waals surface area contributed by atoms with Crippen molar-refractivity contribution >= 4 is 26.6 Å². The summed E-state index contributed by atoms with van der Waals surface area (Å²) in [7, 11) is -1.95. The number of methoxy groups -OCH3 is 1. The van der Waals surface area contributed by atoms with E-state index in [0.717, 1.165) is 5.56 Å². The van der Waals surface area contributed by atoms with Crippen LogP contribution < -0.4 is 5.46 Å². The molecule has 0 aliphatic carbocycles. The Morgan fingerprint density at radius 3 is 2.05 bits per heavy atom. The second-order valence-electron chi connectivity index (χ2n) is 6.40. The summed E-state index contributed by atoms with van der Waals surface area (Å²) in [4.78, 5) is 12.1. The van der Waals surface area contributed by atoms with Crippen LogP contribution in [-0.2, 0) is 4.74 Å². The minimum absolute atomic E-state index is 0.325. The molecule has 0 saturated heterocycles. The Kier molecular flexibility index (Phi) is 5.63. The molecule has 2 N–H and O–H groups in total. The van der Waals surface area contributed by atoms with Gasteiger partial charge in [0.2, 0.25) is 0 Å². The Bertz CT molecular complexity index is 664. The third-order valence-electron chi connectivity index (χ3n) is 3.52. The lowest BCUT2D eigenvalue weighted by Gasteiger charge is -2.18. The van der Waals surface area contributed by atoms with E-state index in [-0.39, 0.29) is 0 Å². The van der Waals surface area contributed by atoms with Gasteiger partial charge in [0.15, 0.2) is 0 Å². The van der Waals surface area contributed by atoms with Crippen molar-refractivity contribution in [2.75, 3.05) is 7.11 Å². The first kappa shape index (κ1) is 18.5. The molecule has 0 aromatic heterocycles. The van der Waals surface area contributed by atoms with E-state index in [9.17, 15) is 14.8 Å². The van der Waals surface area contributed by atoms with E-state index in [1.807, 2.05) is 6.92 Å². The zero-order valence-electron chi connectivity index (χ0n) is 14.3. The van der Waals surface area contributed by atoms with Gasteiger partial charge in [0.05, 0.1) is 12.7 Å². The van der Waals surface area contributed by atoms with Crippen molar-refractivity contribution in [2.45, 2.75) is 40.4 Å². The van der Waals surface area contributed by atoms with Crippen LogP contribution in [0, 0.1) is 32.2 Å². The molecule has 0 aliphatic rings. The van der Waals surface area contributed by atoms with Crippen molar-refractivity contribution in [3.8, 4) is 11.5 Å². The normalized spacial score (nSPS) is 10.8. The van der Waals surface area contributed by atoms with Gasteiger partial charge in [-0.05, 0) is 42.9 Å². The van der Waals surface area contributed by atoms with E-state index >= 15 is 0 Å². The Labute approximate surface area is 133 Å². The summed E-state index contributed by atoms with van der Waals surface area (Å²) in [6, 6.07) is 0. The maximum absolute atomic E-state index is 12.1. The fourth-order valence-corrected chi connectivity index (χ4v) is 2.97. The van der Waals surface area contributed by atoms with Crippen LogP contribution in [0.25, 0.3) is 0 Å². The van der Waals surface area contributed by atoms with Gasteiger partial charge in [-0.3, -0.25) is 0 Å². The summed E-state index contributed by atoms with van der Waals surface area (Å²) in [6.07, 6.45) is 0. The third kappa shape index (κ3) is 3.80. The lowest BCUT2D eigenvalue weighted by molar-refractivity contribution is 0.0599. The first-order chi connectivity index (χ1) is 10.0. The Balaban J connectivity index is 3.80. The summed E-state index contributed by atoms with van der Waals surface area (Å²) in [5.74, 6) is 2.65. The van der Waals surface area contributed by atoms with Crippen LogP contribution >= 0.6 is 0 Å². The minimum atomic E-state index is -1.66. The van der Waals surface area contributed by atoms with Crippen LogP contribution in [-0.4, -0.2) is 38.3 Å². The Morgan fingerprint density at radius 1 is 1.09 bits per heavy atom. The number of carbonyl (C=O) groups excluding carboxylic acids is 1. The molecule has 118 valence electrons. The van der Waals surface area contributed by atoms with Crippen molar-refractivity contribution in [1.29, 1.82) is 0 Å². The van der Waals surface area contributed by atoms with Gasteiger partial charge in [0, 0.05) is 5.56 Å². The third-order valence-corrected chi connectivity index (χ3v) is 4.39. The van der Waals surface area contributed by atoms with Crippen LogP contribution in [0.1, 0.15) is 32.6 Å². The van der Waals surface area contributed by atoms with Gasteiger partial charge in [-0.2, -0.15) is 0 Å². The van der Waals surface area contributed by atoms with E-state index < -0.39 is 21.2 Å². The molecule has 0 aliphatic heterocycles. The van der Waals surface area contributed by atoms with E-state index in [1.54, 1.807) is 13.8 Å². The molecule has 0 fully saturated rings. The van der Waals surface area contributed by atoms with Crippen molar-refractivity contribution in [1.82, 2.24) is 0 Å². The van der Waals surface area contributed by atoms with Gasteiger partial charge in [0.1, 0.15) is 8.07 Å². The molecule has 0 unspecified atom stereocenters. The van der Waals surface area contributed by atoms with Crippen LogP contribution in [0.2, 0.25) is 19.6 Å². The molecule has 1 aromatic rings. The summed E-state index contributed by atoms with van der Waals surface area (Å²) in [5, 5.41) is 19.3. The summed E-state index contributed by atoms with van der Waals surface area (Å²) < 4.78 is 4.83. The average molecular weight is 318 g/mol. The molecular weight excluding hydrogens is 295 g/mol. The predicted molar refractivity (Wildman–Crippen MR) is 92.0 cm³/mol. The monoisotopic (exact) mass is 318 g/mol. The molecule has 1 aromatic carbocycles. The minimum Gasteiger partial charge on any atom is -0.465 e. The van der Waals surface area contributed by atoms with Crippen molar-refractivity contribution < 1.29 is 19.6 Å². The highest BCUT2D eigenvalue weighted by Gasteiger charge is 2.27. The van der Waals surface area contributed by atoms with Crippen LogP contribution in [0.4, 0.5) is 0 Å². The highest BCUT2D eigenvalue weighted by Crippen LogP contribution is 2.21. The molecule has 0 amide bonds. The van der Waals surface area contributed by atoms with Crippen LogP contribution in [0.3, 0.4) is 0 Å². The van der Waals surface area contributed by atoms with E-state index in [4.69, 9.17) is 4.74 Å². The molecule has 22 heavy (non-hydrogen) atoms. The topological polar surface area (TPSA) is 66.8 Å². The zero-order valence-corrected chi connectivity index (χ0v) is 15.3. The Morgan fingerprint density at radius 2 is 1.64 bits per heavy atom. The molecule has 6 heteroatoms. The number of benzene rings is 1. The quantitative estimate of drug-likeness (QED) is 0.490. The molecule has 0 radical (unpaired) electrons. The molecule has 1 rings (SSSR count). The number of ether oxygens (including phenoxy) is 1. The molecule has 0 saturated carbocycles.